The number of nitrogens with two attached hydrogens (primary N) is 1. The molecular weight excluding hydrogens is 701 g/mol. The number of Topliss-reactive ketones (excluding diaryl/α,β-unsaturated/α-hetero) is 2. The van der Waals surface area contributed by atoms with Gasteiger partial charge in [0.25, 0.3) is 0 Å². The number of thiol groups is 1. The summed E-state index contributed by atoms with van der Waals surface area (Å²) in [6.45, 7) is 0.260. The number of hydrogen-bond acceptors (Lipinski definition) is 10. The zero-order valence-electron chi connectivity index (χ0n) is 29.7. The van der Waals surface area contributed by atoms with Crippen LogP contribution in [0.4, 0.5) is 0 Å². The number of carboxylic acid groups (broad SMARTS) is 2. The highest BCUT2D eigenvalue weighted by molar-refractivity contribution is 7.80. The Kier molecular flexibility index (Phi) is 20.8. The van der Waals surface area contributed by atoms with Gasteiger partial charge in [0.05, 0.1) is 24.4 Å². The number of carboxylic acids is 2. The molecule has 0 aliphatic carbocycles. The normalized spacial score (nSPS) is 13.8. The first-order valence-electron chi connectivity index (χ1n) is 17.6. The molecule has 8 N–H and O–H groups in total. The van der Waals surface area contributed by atoms with Crippen molar-refractivity contribution in [3.8, 4) is 0 Å². The molecule has 0 aliphatic heterocycles. The molecule has 0 aromatic heterocycles. The fourth-order valence-corrected chi connectivity index (χ4v) is 5.82. The molecule has 0 heterocycles. The summed E-state index contributed by atoms with van der Waals surface area (Å²) in [5.74, 6) is -7.97. The maximum Gasteiger partial charge on any atom is 0.307 e. The predicted octanol–water partition coefficient (Wildman–Crippen LogP) is 1.15. The first-order valence-corrected chi connectivity index (χ1v) is 18.2. The molecular formula is C37H50BN5O9S. The van der Waals surface area contributed by atoms with Gasteiger partial charge in [-0.3, -0.25) is 33.6 Å². The lowest BCUT2D eigenvalue weighted by Gasteiger charge is -2.23. The Labute approximate surface area is 316 Å². The third-order valence-corrected chi connectivity index (χ3v) is 9.00. The maximum atomic E-state index is 13.9. The smallest absolute Gasteiger partial charge is 0.307 e. The minimum atomic E-state index is -1.56. The molecule has 0 saturated carbocycles. The average Bonchev–Trinajstić information content (AvgIpc) is 3.13. The molecule has 286 valence electrons. The largest absolute Gasteiger partial charge is 0.481 e. The predicted molar refractivity (Wildman–Crippen MR) is 202 cm³/mol. The zero-order valence-corrected chi connectivity index (χ0v) is 30.6. The van der Waals surface area contributed by atoms with Crippen LogP contribution in [0.15, 0.2) is 60.7 Å². The van der Waals surface area contributed by atoms with Crippen LogP contribution in [-0.4, -0.2) is 96.4 Å². The fraction of sp³-hybridized carbons (Fsp3) is 0.486. The maximum absolute atomic E-state index is 13.9. The van der Waals surface area contributed by atoms with Gasteiger partial charge in [0.15, 0.2) is 19.5 Å². The van der Waals surface area contributed by atoms with E-state index in [4.69, 9.17) is 13.7 Å². The van der Waals surface area contributed by atoms with Gasteiger partial charge in [-0.25, -0.2) is 0 Å². The minimum absolute atomic E-state index is 0.161. The second-order valence-electron chi connectivity index (χ2n) is 12.9. The molecule has 3 amide bonds. The van der Waals surface area contributed by atoms with E-state index in [0.29, 0.717) is 13.0 Å². The van der Waals surface area contributed by atoms with Gasteiger partial charge in [-0.1, -0.05) is 73.5 Å². The first-order chi connectivity index (χ1) is 25.3. The zero-order chi connectivity index (χ0) is 39.2. The van der Waals surface area contributed by atoms with Crippen LogP contribution >= 0.6 is 12.6 Å². The Balaban J connectivity index is 2.16. The molecule has 2 radical (unpaired) electrons. The van der Waals surface area contributed by atoms with Gasteiger partial charge in [-0.2, -0.15) is 12.6 Å². The third kappa shape index (κ3) is 17.7. The van der Waals surface area contributed by atoms with Crippen molar-refractivity contribution >= 4 is 61.8 Å². The van der Waals surface area contributed by atoms with Crippen LogP contribution in [0.3, 0.4) is 0 Å². The molecule has 5 atom stereocenters. The van der Waals surface area contributed by atoms with Gasteiger partial charge < -0.3 is 37.1 Å². The molecule has 0 fully saturated rings. The number of amides is 3. The lowest BCUT2D eigenvalue weighted by Crippen LogP contribution is -2.53. The molecule has 0 bridgehead atoms. The van der Waals surface area contributed by atoms with Crippen LogP contribution in [0.25, 0.3) is 0 Å². The van der Waals surface area contributed by atoms with Crippen molar-refractivity contribution in [3.63, 3.8) is 0 Å². The van der Waals surface area contributed by atoms with E-state index in [-0.39, 0.29) is 43.1 Å². The first kappa shape index (κ1) is 44.6. The Bertz CT molecular complexity index is 1500. The fourth-order valence-electron chi connectivity index (χ4n) is 5.53. The summed E-state index contributed by atoms with van der Waals surface area (Å²) in [6, 6.07) is 14.3. The molecule has 16 heteroatoms. The SMILES string of the molecule is [B]NCCCCCCC(=O)NC(Cc1ccccc1)C(=O)CC(Cc1ccccc1)C(=O)NC[C@H](N)C(=O)N[C@@H](CC(=O)O)C(=O)C[C@H](CS)C(=O)O. The Morgan fingerprint density at radius 3 is 1.83 bits per heavy atom. The highest BCUT2D eigenvalue weighted by Gasteiger charge is 2.31. The van der Waals surface area contributed by atoms with E-state index in [0.717, 1.165) is 30.4 Å². The molecule has 0 aliphatic rings. The molecule has 0 saturated heterocycles. The number of carbonyl (C=O) groups excluding carboxylic acids is 5. The van der Waals surface area contributed by atoms with Crippen molar-refractivity contribution in [3.05, 3.63) is 71.8 Å². The van der Waals surface area contributed by atoms with Crippen molar-refractivity contribution in [2.45, 2.75) is 82.3 Å². The van der Waals surface area contributed by atoms with Crippen molar-refractivity contribution in [1.29, 1.82) is 0 Å². The summed E-state index contributed by atoms with van der Waals surface area (Å²) in [6.07, 6.45) is 2.25. The Morgan fingerprint density at radius 2 is 1.26 bits per heavy atom. The number of rotatable bonds is 27. The minimum Gasteiger partial charge on any atom is -0.481 e. The molecule has 2 unspecified atom stereocenters. The van der Waals surface area contributed by atoms with Gasteiger partial charge in [0, 0.05) is 37.5 Å². The van der Waals surface area contributed by atoms with E-state index in [1.54, 1.807) is 24.3 Å². The van der Waals surface area contributed by atoms with E-state index >= 15 is 0 Å². The van der Waals surface area contributed by atoms with Crippen LogP contribution in [-0.2, 0) is 46.4 Å². The topological polar surface area (TPSA) is 234 Å². The van der Waals surface area contributed by atoms with Gasteiger partial charge in [0.1, 0.15) is 6.04 Å². The number of nitrogens with one attached hydrogen (secondary N) is 4. The van der Waals surface area contributed by atoms with Gasteiger partial charge in [-0.15, -0.1) is 0 Å². The molecule has 2 rings (SSSR count). The van der Waals surface area contributed by atoms with E-state index in [9.17, 15) is 43.8 Å². The number of aliphatic carboxylic acids is 2. The molecule has 2 aromatic carbocycles. The molecule has 14 nitrogen and oxygen atoms in total. The van der Waals surface area contributed by atoms with Crippen molar-refractivity contribution < 1.29 is 43.8 Å². The van der Waals surface area contributed by atoms with Gasteiger partial charge in [0.2, 0.25) is 17.7 Å². The average molecular weight is 752 g/mol. The lowest BCUT2D eigenvalue weighted by molar-refractivity contribution is -0.143. The van der Waals surface area contributed by atoms with Crippen LogP contribution in [0, 0.1) is 11.8 Å². The van der Waals surface area contributed by atoms with E-state index < -0.39 is 78.9 Å². The van der Waals surface area contributed by atoms with E-state index in [1.807, 2.05) is 36.4 Å². The van der Waals surface area contributed by atoms with Crippen molar-refractivity contribution in [2.24, 2.45) is 17.6 Å². The number of benzene rings is 2. The highest BCUT2D eigenvalue weighted by atomic mass is 32.1. The highest BCUT2D eigenvalue weighted by Crippen LogP contribution is 2.17. The Hall–Kier alpha value is -4.54. The summed E-state index contributed by atoms with van der Waals surface area (Å²) < 4.78 is 0. The molecule has 2 aromatic rings. The third-order valence-electron chi connectivity index (χ3n) is 8.56. The summed E-state index contributed by atoms with van der Waals surface area (Å²) in [5.41, 5.74) is 7.62. The van der Waals surface area contributed by atoms with Gasteiger partial charge in [-0.05, 0) is 43.4 Å². The summed E-state index contributed by atoms with van der Waals surface area (Å²) >= 11 is 3.92. The van der Waals surface area contributed by atoms with Crippen LogP contribution in [0.1, 0.15) is 62.5 Å². The number of ketones is 2. The van der Waals surface area contributed by atoms with E-state index in [2.05, 4.69) is 33.8 Å². The van der Waals surface area contributed by atoms with Crippen LogP contribution < -0.4 is 26.9 Å². The van der Waals surface area contributed by atoms with Crippen molar-refractivity contribution in [2.75, 3.05) is 18.8 Å². The van der Waals surface area contributed by atoms with Crippen LogP contribution in [0.5, 0.6) is 0 Å². The summed E-state index contributed by atoms with van der Waals surface area (Å²) in [7, 11) is 5.30. The lowest BCUT2D eigenvalue weighted by atomic mass is 9.89. The van der Waals surface area contributed by atoms with Gasteiger partial charge >= 0.3 is 11.9 Å². The standard InChI is InChI=1S/C37H50BN5O9S/c38-41-16-10-2-1-9-15-33(46)42-29(18-25-13-7-4-8-14-25)31(44)19-26(17-24-11-5-3-6-12-24)35(49)40-22-28(39)36(50)43-30(21-34(47)48)32(45)20-27(23-53)37(51)52/h3-8,11-14,26-30,41,53H,1-2,9-10,15-23,39H2,(H,40,49)(H,42,46)(H,43,50)(H,47,48)(H,51,52)/t26?,27-,28+,29?,30+/m1/s1. The summed E-state index contributed by atoms with van der Waals surface area (Å²) in [4.78, 5) is 88.9. The number of carbonyl (C=O) groups is 7. The number of hydrogen-bond donors (Lipinski definition) is 8. The molecule has 0 spiro atoms. The molecule has 53 heavy (non-hydrogen) atoms. The quantitative estimate of drug-likeness (QED) is 0.0366. The second-order valence-corrected chi connectivity index (χ2v) is 13.2. The van der Waals surface area contributed by atoms with Crippen LogP contribution in [0.2, 0.25) is 0 Å². The van der Waals surface area contributed by atoms with Crippen molar-refractivity contribution in [1.82, 2.24) is 21.2 Å². The second kappa shape index (κ2) is 24.7. The monoisotopic (exact) mass is 751 g/mol. The van der Waals surface area contributed by atoms with E-state index in [1.165, 1.54) is 0 Å². The Morgan fingerprint density at radius 1 is 0.698 bits per heavy atom. The number of unbranched alkanes of at least 4 members (excludes halogenated alkanes) is 3. The summed E-state index contributed by atoms with van der Waals surface area (Å²) in [5, 5.41) is 28.9.